The molecule has 6 nitrogen and oxygen atoms in total. The van der Waals surface area contributed by atoms with Crippen molar-refractivity contribution >= 4 is 44.7 Å². The molecular formula is C19H26ClF2N5OS2. The van der Waals surface area contributed by atoms with E-state index in [-0.39, 0.29) is 15.0 Å². The molecule has 0 saturated carbocycles. The lowest BCUT2D eigenvalue weighted by Crippen LogP contribution is -2.27. The average Bonchev–Trinajstić information content (AvgIpc) is 3.37. The first-order valence-corrected chi connectivity index (χ1v) is 12.3. The number of halogens is 3. The summed E-state index contributed by atoms with van der Waals surface area (Å²) in [6.07, 6.45) is 6.63. The summed E-state index contributed by atoms with van der Waals surface area (Å²) >= 11 is 6.91. The van der Waals surface area contributed by atoms with Gasteiger partial charge in [-0.15, -0.1) is 0 Å². The predicted octanol–water partition coefficient (Wildman–Crippen LogP) is 4.13. The lowest BCUT2D eigenvalue weighted by atomic mass is 10.1. The Bertz CT molecular complexity index is 848. The number of hydrogen-bond donors (Lipinski definition) is 4. The van der Waals surface area contributed by atoms with Crippen LogP contribution in [0.1, 0.15) is 32.1 Å². The van der Waals surface area contributed by atoms with E-state index in [1.54, 1.807) is 0 Å². The van der Waals surface area contributed by atoms with Crippen LogP contribution in [0, 0.1) is 10.9 Å². The van der Waals surface area contributed by atoms with Gasteiger partial charge in [-0.05, 0) is 63.9 Å². The van der Waals surface area contributed by atoms with Crippen LogP contribution in [0.5, 0.6) is 0 Å². The Morgan fingerprint density at radius 1 is 1.27 bits per heavy atom. The van der Waals surface area contributed by atoms with Gasteiger partial charge in [-0.25, -0.2) is 13.6 Å². The van der Waals surface area contributed by atoms with E-state index < -0.39 is 21.9 Å². The Labute approximate surface area is 186 Å². The van der Waals surface area contributed by atoms with Crippen LogP contribution in [0.3, 0.4) is 0 Å². The van der Waals surface area contributed by atoms with Crippen molar-refractivity contribution in [3.8, 4) is 0 Å². The summed E-state index contributed by atoms with van der Waals surface area (Å²) < 4.78 is 42.1. The molecule has 1 fully saturated rings. The average molecular weight is 478 g/mol. The normalized spacial score (nSPS) is 17.2. The number of hydrogen-bond acceptors (Lipinski definition) is 6. The molecule has 1 unspecified atom stereocenters. The Morgan fingerprint density at radius 3 is 2.83 bits per heavy atom. The van der Waals surface area contributed by atoms with E-state index in [2.05, 4.69) is 25.7 Å². The number of benzene rings is 1. The van der Waals surface area contributed by atoms with Crippen molar-refractivity contribution in [3.05, 3.63) is 34.3 Å². The fourth-order valence-electron chi connectivity index (χ4n) is 3.24. The van der Waals surface area contributed by atoms with Gasteiger partial charge in [0, 0.05) is 12.6 Å². The molecule has 11 heteroatoms. The van der Waals surface area contributed by atoms with Crippen LogP contribution in [0.4, 0.5) is 19.6 Å². The number of anilines is 2. The van der Waals surface area contributed by atoms with Crippen LogP contribution >= 0.6 is 22.9 Å². The molecule has 0 spiro atoms. The molecule has 1 aliphatic rings. The van der Waals surface area contributed by atoms with Crippen molar-refractivity contribution in [3.63, 3.8) is 0 Å². The van der Waals surface area contributed by atoms with Crippen LogP contribution in [-0.2, 0) is 11.0 Å². The SMILES string of the molecule is O=S(Nc1ncc(F)s1)c1cc(Cl)c(NCCCCNCC[C@@H]2CCCN2)cc1F. The number of rotatable bonds is 12. The number of nitrogens with zero attached hydrogens (tertiary/aromatic N) is 1. The van der Waals surface area contributed by atoms with Gasteiger partial charge >= 0.3 is 0 Å². The van der Waals surface area contributed by atoms with Gasteiger partial charge in [-0.2, -0.15) is 4.39 Å². The summed E-state index contributed by atoms with van der Waals surface area (Å²) in [5.41, 5.74) is 0.454. The quantitative estimate of drug-likeness (QED) is 0.346. The molecule has 2 atom stereocenters. The maximum atomic E-state index is 14.4. The molecule has 166 valence electrons. The Balaban J connectivity index is 1.37. The van der Waals surface area contributed by atoms with E-state index in [1.165, 1.54) is 25.0 Å². The summed E-state index contributed by atoms with van der Waals surface area (Å²) in [5, 5.41) is 9.92. The first-order chi connectivity index (χ1) is 14.5. The minimum absolute atomic E-state index is 0.108. The van der Waals surface area contributed by atoms with Gasteiger partial charge in [0.1, 0.15) is 5.82 Å². The molecule has 2 heterocycles. The van der Waals surface area contributed by atoms with E-state index in [0.29, 0.717) is 29.6 Å². The third kappa shape index (κ3) is 7.12. The first-order valence-electron chi connectivity index (χ1n) is 9.99. The highest BCUT2D eigenvalue weighted by Gasteiger charge is 2.16. The van der Waals surface area contributed by atoms with Gasteiger partial charge in [0.05, 0.1) is 21.8 Å². The van der Waals surface area contributed by atoms with Crippen LogP contribution < -0.4 is 20.7 Å². The zero-order chi connectivity index (χ0) is 21.3. The smallest absolute Gasteiger partial charge is 0.198 e. The summed E-state index contributed by atoms with van der Waals surface area (Å²) in [6.45, 7) is 3.75. The number of nitrogens with one attached hydrogen (secondary N) is 4. The van der Waals surface area contributed by atoms with E-state index >= 15 is 0 Å². The molecule has 0 radical (unpaired) electrons. The third-order valence-corrected chi connectivity index (χ3v) is 7.04. The molecule has 4 N–H and O–H groups in total. The Morgan fingerprint density at radius 2 is 2.10 bits per heavy atom. The molecular weight excluding hydrogens is 452 g/mol. The maximum absolute atomic E-state index is 14.4. The minimum Gasteiger partial charge on any atom is -0.384 e. The summed E-state index contributed by atoms with van der Waals surface area (Å²) in [4.78, 5) is 3.60. The van der Waals surface area contributed by atoms with Gasteiger partial charge < -0.3 is 16.0 Å². The van der Waals surface area contributed by atoms with Gasteiger partial charge in [-0.1, -0.05) is 22.9 Å². The fraction of sp³-hybridized carbons (Fsp3) is 0.526. The van der Waals surface area contributed by atoms with Crippen molar-refractivity contribution in [2.75, 3.05) is 36.2 Å². The van der Waals surface area contributed by atoms with Crippen LogP contribution in [0.25, 0.3) is 0 Å². The van der Waals surface area contributed by atoms with E-state index in [1.807, 2.05) is 0 Å². The second kappa shape index (κ2) is 11.9. The van der Waals surface area contributed by atoms with E-state index in [9.17, 15) is 13.0 Å². The highest BCUT2D eigenvalue weighted by Crippen LogP contribution is 2.28. The Kier molecular flexibility index (Phi) is 9.26. The number of aromatic nitrogens is 1. The molecule has 1 aromatic carbocycles. The summed E-state index contributed by atoms with van der Waals surface area (Å²) in [6, 6.07) is 3.20. The molecule has 0 aliphatic carbocycles. The predicted molar refractivity (Wildman–Crippen MR) is 120 cm³/mol. The zero-order valence-electron chi connectivity index (χ0n) is 16.5. The molecule has 3 rings (SSSR count). The van der Waals surface area contributed by atoms with Gasteiger partial charge in [0.2, 0.25) is 0 Å². The van der Waals surface area contributed by atoms with E-state index in [0.717, 1.165) is 45.1 Å². The second-order valence-electron chi connectivity index (χ2n) is 7.07. The fourth-order valence-corrected chi connectivity index (χ4v) is 5.11. The third-order valence-electron chi connectivity index (χ3n) is 4.81. The monoisotopic (exact) mass is 477 g/mol. The van der Waals surface area contributed by atoms with Crippen molar-refractivity contribution in [2.24, 2.45) is 0 Å². The van der Waals surface area contributed by atoms with Crippen LogP contribution in [-0.4, -0.2) is 41.4 Å². The lowest BCUT2D eigenvalue weighted by molar-refractivity contribution is 0.517. The Hall–Kier alpha value is -1.33. The van der Waals surface area contributed by atoms with Crippen LogP contribution in [0.15, 0.2) is 23.2 Å². The number of thiazole rings is 1. The zero-order valence-corrected chi connectivity index (χ0v) is 18.9. The molecule has 2 aromatic rings. The van der Waals surface area contributed by atoms with Crippen molar-refractivity contribution < 1.29 is 13.0 Å². The molecule has 1 aromatic heterocycles. The van der Waals surface area contributed by atoms with Gasteiger partial charge in [-0.3, -0.25) is 4.72 Å². The van der Waals surface area contributed by atoms with Gasteiger partial charge in [0.25, 0.3) is 0 Å². The summed E-state index contributed by atoms with van der Waals surface area (Å²) in [5.74, 6) is -0.660. The first kappa shape index (κ1) is 23.3. The molecule has 0 amide bonds. The minimum atomic E-state index is -1.93. The number of unbranched alkanes of at least 4 members (excludes halogenated alkanes) is 1. The molecule has 1 saturated heterocycles. The second-order valence-corrected chi connectivity index (χ2v) is 9.64. The van der Waals surface area contributed by atoms with E-state index in [4.69, 9.17) is 11.6 Å². The van der Waals surface area contributed by atoms with Gasteiger partial charge in [0.15, 0.2) is 21.2 Å². The highest BCUT2D eigenvalue weighted by molar-refractivity contribution is 7.86. The topological polar surface area (TPSA) is 78.1 Å². The maximum Gasteiger partial charge on any atom is 0.198 e. The van der Waals surface area contributed by atoms with Crippen molar-refractivity contribution in [1.82, 2.24) is 15.6 Å². The molecule has 1 aliphatic heterocycles. The molecule has 0 bridgehead atoms. The standard InChI is InChI=1S/C19H26ClF2N5OS2/c20-14-10-17(30(28)27-19-26-12-18(22)29-19)15(21)11-16(14)25-7-2-1-6-23-9-5-13-4-3-8-24-13/h10-13,23-25H,1-9H2,(H,26,27)/t13-,30?/m0/s1. The van der Waals surface area contributed by atoms with Crippen molar-refractivity contribution in [2.45, 2.75) is 43.0 Å². The largest absolute Gasteiger partial charge is 0.384 e. The molecule has 30 heavy (non-hydrogen) atoms. The van der Waals surface area contributed by atoms with Crippen molar-refractivity contribution in [1.29, 1.82) is 0 Å². The lowest BCUT2D eigenvalue weighted by Gasteiger charge is -2.12. The van der Waals surface area contributed by atoms with Crippen LogP contribution in [0.2, 0.25) is 5.02 Å². The highest BCUT2D eigenvalue weighted by atomic mass is 35.5. The summed E-state index contributed by atoms with van der Waals surface area (Å²) in [7, 11) is -1.93.